The van der Waals surface area contributed by atoms with Gasteiger partial charge in [-0.25, -0.2) is 0 Å². The average molecular weight is 309 g/mol. The third-order valence-electron chi connectivity index (χ3n) is 3.71. The standard InChI is InChI=1S/C16H21ClN2O2/c1-5-12-16(17)13(19(3)18-12)9-14(20)11-7-6-10(2)15(8-11)21-4/h6-8,14,20H,5,9H2,1-4H3. The minimum atomic E-state index is -0.642. The predicted molar refractivity (Wildman–Crippen MR) is 84.0 cm³/mol. The molecule has 1 unspecified atom stereocenters. The number of benzene rings is 1. The fourth-order valence-corrected chi connectivity index (χ4v) is 2.76. The van der Waals surface area contributed by atoms with Crippen LogP contribution in [0, 0.1) is 6.92 Å². The average Bonchev–Trinajstić information content (AvgIpc) is 2.75. The Labute approximate surface area is 130 Å². The number of hydrogen-bond donors (Lipinski definition) is 1. The lowest BCUT2D eigenvalue weighted by atomic mass is 10.0. The number of aliphatic hydroxyl groups excluding tert-OH is 1. The highest BCUT2D eigenvalue weighted by atomic mass is 35.5. The van der Waals surface area contributed by atoms with Crippen LogP contribution in [0.3, 0.4) is 0 Å². The van der Waals surface area contributed by atoms with Gasteiger partial charge in [0.2, 0.25) is 0 Å². The second-order valence-electron chi connectivity index (χ2n) is 5.13. The summed E-state index contributed by atoms with van der Waals surface area (Å²) in [5, 5.41) is 15.5. The molecule has 1 aromatic heterocycles. The van der Waals surface area contributed by atoms with Gasteiger partial charge in [-0.15, -0.1) is 0 Å². The molecule has 1 heterocycles. The zero-order valence-electron chi connectivity index (χ0n) is 12.9. The molecule has 1 atom stereocenters. The van der Waals surface area contributed by atoms with E-state index in [1.54, 1.807) is 11.8 Å². The molecule has 0 spiro atoms. The monoisotopic (exact) mass is 308 g/mol. The van der Waals surface area contributed by atoms with Crippen LogP contribution in [-0.2, 0) is 19.9 Å². The van der Waals surface area contributed by atoms with Crippen molar-refractivity contribution in [2.75, 3.05) is 7.11 Å². The highest BCUT2D eigenvalue weighted by molar-refractivity contribution is 6.31. The van der Waals surface area contributed by atoms with Crippen LogP contribution >= 0.6 is 11.6 Å². The molecule has 2 aromatic rings. The Bertz CT molecular complexity index is 637. The van der Waals surface area contributed by atoms with Crippen LogP contribution in [0.5, 0.6) is 5.75 Å². The molecule has 2 rings (SSSR count). The van der Waals surface area contributed by atoms with Crippen LogP contribution in [0.1, 0.15) is 35.5 Å². The van der Waals surface area contributed by atoms with Crippen LogP contribution in [0.4, 0.5) is 0 Å². The molecular weight excluding hydrogens is 288 g/mol. The summed E-state index contributed by atoms with van der Waals surface area (Å²) >= 11 is 6.33. The lowest BCUT2D eigenvalue weighted by Gasteiger charge is -2.14. The second kappa shape index (κ2) is 6.50. The number of aliphatic hydroxyl groups is 1. The fourth-order valence-electron chi connectivity index (χ4n) is 2.39. The normalized spacial score (nSPS) is 12.5. The molecule has 1 N–H and O–H groups in total. The molecule has 0 aliphatic heterocycles. The minimum absolute atomic E-state index is 0.425. The molecule has 4 nitrogen and oxygen atoms in total. The van der Waals surface area contributed by atoms with E-state index in [0.29, 0.717) is 11.4 Å². The molecule has 0 radical (unpaired) electrons. The topological polar surface area (TPSA) is 47.3 Å². The molecular formula is C16H21ClN2O2. The fraction of sp³-hybridized carbons (Fsp3) is 0.438. The first-order valence-electron chi connectivity index (χ1n) is 7.00. The molecule has 0 aliphatic carbocycles. The van der Waals surface area contributed by atoms with Crippen molar-refractivity contribution in [1.29, 1.82) is 0 Å². The minimum Gasteiger partial charge on any atom is -0.496 e. The van der Waals surface area contributed by atoms with Crippen molar-refractivity contribution in [3.05, 3.63) is 45.7 Å². The van der Waals surface area contributed by atoms with Crippen molar-refractivity contribution >= 4 is 11.6 Å². The van der Waals surface area contributed by atoms with E-state index in [1.165, 1.54) is 0 Å². The van der Waals surface area contributed by atoms with Gasteiger partial charge in [-0.3, -0.25) is 4.68 Å². The summed E-state index contributed by atoms with van der Waals surface area (Å²) in [5.41, 5.74) is 3.57. The Morgan fingerprint density at radius 1 is 1.43 bits per heavy atom. The summed E-state index contributed by atoms with van der Waals surface area (Å²) < 4.78 is 7.05. The first-order valence-corrected chi connectivity index (χ1v) is 7.38. The molecule has 21 heavy (non-hydrogen) atoms. The number of hydrogen-bond acceptors (Lipinski definition) is 3. The maximum atomic E-state index is 10.5. The summed E-state index contributed by atoms with van der Waals surface area (Å²) in [7, 11) is 3.48. The number of methoxy groups -OCH3 is 1. The molecule has 0 fully saturated rings. The number of aromatic nitrogens is 2. The zero-order chi connectivity index (χ0) is 15.6. The number of halogens is 1. The Kier molecular flexibility index (Phi) is 4.91. The quantitative estimate of drug-likeness (QED) is 0.922. The number of aryl methyl sites for hydroxylation is 3. The zero-order valence-corrected chi connectivity index (χ0v) is 13.6. The Morgan fingerprint density at radius 2 is 2.14 bits per heavy atom. The number of nitrogens with zero attached hydrogens (tertiary/aromatic N) is 2. The van der Waals surface area contributed by atoms with Gasteiger partial charge in [0.1, 0.15) is 5.75 Å². The van der Waals surface area contributed by atoms with Gasteiger partial charge in [-0.05, 0) is 30.5 Å². The third-order valence-corrected chi connectivity index (χ3v) is 4.14. The number of ether oxygens (including phenoxy) is 1. The van der Waals surface area contributed by atoms with E-state index in [4.69, 9.17) is 16.3 Å². The van der Waals surface area contributed by atoms with Crippen molar-refractivity contribution in [3.8, 4) is 5.75 Å². The van der Waals surface area contributed by atoms with Gasteiger partial charge < -0.3 is 9.84 Å². The third kappa shape index (κ3) is 3.22. The van der Waals surface area contributed by atoms with Crippen molar-refractivity contribution in [2.45, 2.75) is 32.8 Å². The van der Waals surface area contributed by atoms with Crippen LogP contribution in [0.15, 0.2) is 18.2 Å². The maximum Gasteiger partial charge on any atom is 0.122 e. The van der Waals surface area contributed by atoms with Crippen molar-refractivity contribution in [3.63, 3.8) is 0 Å². The summed E-state index contributed by atoms with van der Waals surface area (Å²) in [6.07, 6.45) is 0.562. The largest absolute Gasteiger partial charge is 0.496 e. The molecule has 0 bridgehead atoms. The summed E-state index contributed by atoms with van der Waals surface area (Å²) in [4.78, 5) is 0. The van der Waals surface area contributed by atoms with Gasteiger partial charge in [-0.2, -0.15) is 5.10 Å². The molecule has 0 saturated heterocycles. The van der Waals surface area contributed by atoms with Gasteiger partial charge in [0.25, 0.3) is 0 Å². The van der Waals surface area contributed by atoms with Gasteiger partial charge in [0.05, 0.1) is 29.6 Å². The van der Waals surface area contributed by atoms with Crippen LogP contribution in [0.2, 0.25) is 5.02 Å². The summed E-state index contributed by atoms with van der Waals surface area (Å²) in [6, 6.07) is 5.72. The Balaban J connectivity index is 2.26. The lowest BCUT2D eigenvalue weighted by molar-refractivity contribution is 0.175. The van der Waals surface area contributed by atoms with Crippen LogP contribution < -0.4 is 4.74 Å². The summed E-state index contributed by atoms with van der Waals surface area (Å²) in [6.45, 7) is 3.99. The molecule has 0 amide bonds. The SMILES string of the molecule is CCc1nn(C)c(CC(O)c2ccc(C)c(OC)c2)c1Cl. The second-order valence-corrected chi connectivity index (χ2v) is 5.51. The van der Waals surface area contributed by atoms with Crippen molar-refractivity contribution in [1.82, 2.24) is 9.78 Å². The Morgan fingerprint density at radius 3 is 2.71 bits per heavy atom. The molecule has 114 valence electrons. The highest BCUT2D eigenvalue weighted by Crippen LogP contribution is 2.28. The van der Waals surface area contributed by atoms with Gasteiger partial charge in [0, 0.05) is 13.5 Å². The van der Waals surface area contributed by atoms with E-state index in [-0.39, 0.29) is 0 Å². The van der Waals surface area contributed by atoms with Crippen molar-refractivity contribution < 1.29 is 9.84 Å². The first-order chi connectivity index (χ1) is 9.97. The van der Waals surface area contributed by atoms with E-state index in [0.717, 1.165) is 34.7 Å². The van der Waals surface area contributed by atoms with Crippen LogP contribution in [-0.4, -0.2) is 22.0 Å². The predicted octanol–water partition coefficient (Wildman–Crippen LogP) is 3.23. The smallest absolute Gasteiger partial charge is 0.122 e. The summed E-state index contributed by atoms with van der Waals surface area (Å²) in [5.74, 6) is 0.775. The van der Waals surface area contributed by atoms with E-state index in [2.05, 4.69) is 5.10 Å². The maximum absolute atomic E-state index is 10.5. The van der Waals surface area contributed by atoms with Crippen LogP contribution in [0.25, 0.3) is 0 Å². The first kappa shape index (κ1) is 15.9. The van der Waals surface area contributed by atoms with E-state index in [9.17, 15) is 5.11 Å². The van der Waals surface area contributed by atoms with Gasteiger partial charge in [-0.1, -0.05) is 30.7 Å². The molecule has 5 heteroatoms. The lowest BCUT2D eigenvalue weighted by Crippen LogP contribution is -2.07. The van der Waals surface area contributed by atoms with E-state index >= 15 is 0 Å². The molecule has 0 saturated carbocycles. The van der Waals surface area contributed by atoms with Crippen molar-refractivity contribution in [2.24, 2.45) is 7.05 Å². The Hall–Kier alpha value is -1.52. The van der Waals surface area contributed by atoms with Gasteiger partial charge >= 0.3 is 0 Å². The molecule has 1 aromatic carbocycles. The van der Waals surface area contributed by atoms with Gasteiger partial charge in [0.15, 0.2) is 0 Å². The van der Waals surface area contributed by atoms with E-state index in [1.807, 2.05) is 39.1 Å². The molecule has 0 aliphatic rings. The number of rotatable bonds is 5. The van der Waals surface area contributed by atoms with E-state index < -0.39 is 6.10 Å². The highest BCUT2D eigenvalue weighted by Gasteiger charge is 2.18.